The van der Waals surface area contributed by atoms with Crippen molar-refractivity contribution in [3.8, 4) is 16.9 Å². The molecule has 0 aromatic heterocycles. The van der Waals surface area contributed by atoms with Crippen LogP contribution in [0.15, 0.2) is 42.5 Å². The summed E-state index contributed by atoms with van der Waals surface area (Å²) in [6.45, 7) is 7.62. The van der Waals surface area contributed by atoms with E-state index in [4.69, 9.17) is 8.92 Å². The molecule has 1 aliphatic heterocycles. The molecule has 1 aliphatic rings. The van der Waals surface area contributed by atoms with Crippen molar-refractivity contribution in [1.29, 1.82) is 0 Å². The van der Waals surface area contributed by atoms with Crippen LogP contribution in [0.3, 0.4) is 0 Å². The molecule has 4 nitrogen and oxygen atoms in total. The van der Waals surface area contributed by atoms with E-state index in [0.29, 0.717) is 5.75 Å². The first-order chi connectivity index (χ1) is 11.1. The van der Waals surface area contributed by atoms with Crippen LogP contribution >= 0.6 is 0 Å². The molecule has 2 aromatic rings. The van der Waals surface area contributed by atoms with Gasteiger partial charge in [-0.1, -0.05) is 36.4 Å². The maximum atomic E-state index is 11.7. The maximum Gasteiger partial charge on any atom is 0.267 e. The molecule has 1 heterocycles. The molecule has 3 rings (SSSR count). The predicted molar refractivity (Wildman–Crippen MR) is 94.6 cm³/mol. The number of ether oxygens (including phenoxy) is 1. The van der Waals surface area contributed by atoms with Crippen LogP contribution in [0, 0.1) is 6.92 Å². The predicted octanol–water partition coefficient (Wildman–Crippen LogP) is 4.02. The quantitative estimate of drug-likeness (QED) is 0.788. The summed E-state index contributed by atoms with van der Waals surface area (Å²) in [6, 6.07) is 14.0. The fourth-order valence-corrected chi connectivity index (χ4v) is 4.27. The summed E-state index contributed by atoms with van der Waals surface area (Å²) >= 11 is 0. The fraction of sp³-hybridized carbons (Fsp3) is 0.368. The van der Waals surface area contributed by atoms with E-state index in [0.717, 1.165) is 28.5 Å². The van der Waals surface area contributed by atoms with Gasteiger partial charge < -0.3 is 4.74 Å². The Balaban J connectivity index is 2.16. The van der Waals surface area contributed by atoms with E-state index >= 15 is 0 Å². The van der Waals surface area contributed by atoms with Crippen molar-refractivity contribution in [1.82, 2.24) is 0 Å². The zero-order valence-corrected chi connectivity index (χ0v) is 15.4. The Morgan fingerprint density at radius 2 is 1.62 bits per heavy atom. The van der Waals surface area contributed by atoms with Gasteiger partial charge in [0.05, 0.1) is 11.7 Å². The Kier molecular flexibility index (Phi) is 3.77. The molecule has 0 saturated heterocycles. The summed E-state index contributed by atoms with van der Waals surface area (Å²) in [7, 11) is -3.65. The van der Waals surface area contributed by atoms with E-state index < -0.39 is 21.3 Å². The monoisotopic (exact) mass is 346 g/mol. The molecule has 128 valence electrons. The smallest absolute Gasteiger partial charge is 0.267 e. The van der Waals surface area contributed by atoms with Crippen molar-refractivity contribution in [2.75, 3.05) is 6.26 Å². The Bertz CT molecular complexity index is 885. The standard InChI is InChI=1S/C19H22O4S/c1-13-15(14-9-7-6-8-10-14)11-12-16-17(13)18(2,3)19(4,22-16)23-24(5,20)21/h6-12H,1-5H3. The lowest BCUT2D eigenvalue weighted by atomic mass is 9.76. The highest BCUT2D eigenvalue weighted by atomic mass is 32.2. The summed E-state index contributed by atoms with van der Waals surface area (Å²) in [5.41, 5.74) is 3.65. The van der Waals surface area contributed by atoms with Crippen LogP contribution in [0.2, 0.25) is 0 Å². The molecule has 0 N–H and O–H groups in total. The number of hydrogen-bond donors (Lipinski definition) is 0. The van der Waals surface area contributed by atoms with Crippen LogP contribution in [-0.4, -0.2) is 20.5 Å². The Morgan fingerprint density at radius 1 is 1.00 bits per heavy atom. The van der Waals surface area contributed by atoms with E-state index in [2.05, 4.69) is 12.1 Å². The van der Waals surface area contributed by atoms with Gasteiger partial charge in [-0.05, 0) is 43.5 Å². The van der Waals surface area contributed by atoms with Gasteiger partial charge in [-0.3, -0.25) is 0 Å². The van der Waals surface area contributed by atoms with Crippen LogP contribution < -0.4 is 4.74 Å². The Morgan fingerprint density at radius 3 is 2.21 bits per heavy atom. The van der Waals surface area contributed by atoms with Crippen molar-refractivity contribution in [3.05, 3.63) is 53.6 Å². The van der Waals surface area contributed by atoms with E-state index in [-0.39, 0.29) is 0 Å². The lowest BCUT2D eigenvalue weighted by Crippen LogP contribution is -2.49. The van der Waals surface area contributed by atoms with Crippen molar-refractivity contribution in [2.24, 2.45) is 0 Å². The lowest BCUT2D eigenvalue weighted by molar-refractivity contribution is -0.121. The molecule has 2 aromatic carbocycles. The normalized spacial score (nSPS) is 22.0. The summed E-state index contributed by atoms with van der Waals surface area (Å²) in [4.78, 5) is 0. The van der Waals surface area contributed by atoms with Crippen molar-refractivity contribution in [3.63, 3.8) is 0 Å². The minimum atomic E-state index is -3.65. The van der Waals surface area contributed by atoms with E-state index in [1.54, 1.807) is 6.92 Å². The molecular formula is C19H22O4S. The largest absolute Gasteiger partial charge is 0.460 e. The molecule has 0 bridgehead atoms. The van der Waals surface area contributed by atoms with Gasteiger partial charge >= 0.3 is 0 Å². The third-order valence-corrected chi connectivity index (χ3v) is 5.51. The third-order valence-electron chi connectivity index (χ3n) is 4.89. The van der Waals surface area contributed by atoms with E-state index in [1.807, 2.05) is 51.1 Å². The van der Waals surface area contributed by atoms with Crippen molar-refractivity contribution >= 4 is 10.1 Å². The van der Waals surface area contributed by atoms with Gasteiger partial charge in [-0.2, -0.15) is 8.42 Å². The zero-order chi connectivity index (χ0) is 17.8. The molecule has 0 spiro atoms. The first-order valence-electron chi connectivity index (χ1n) is 7.84. The molecule has 0 amide bonds. The molecule has 0 saturated carbocycles. The molecular weight excluding hydrogens is 324 g/mol. The van der Waals surface area contributed by atoms with Crippen LogP contribution in [0.25, 0.3) is 11.1 Å². The minimum Gasteiger partial charge on any atom is -0.460 e. The number of rotatable bonds is 3. The van der Waals surface area contributed by atoms with Crippen LogP contribution in [0.5, 0.6) is 5.75 Å². The van der Waals surface area contributed by atoms with Gasteiger partial charge in [0, 0.05) is 12.5 Å². The third kappa shape index (κ3) is 2.62. The molecule has 1 unspecified atom stereocenters. The van der Waals surface area contributed by atoms with Crippen LogP contribution in [0.1, 0.15) is 31.9 Å². The Labute approximate surface area is 143 Å². The van der Waals surface area contributed by atoms with Gasteiger partial charge in [0.1, 0.15) is 5.75 Å². The minimum absolute atomic E-state index is 0.625. The molecule has 0 radical (unpaired) electrons. The second-order valence-electron chi connectivity index (χ2n) is 6.94. The maximum absolute atomic E-state index is 11.7. The van der Waals surface area contributed by atoms with Gasteiger partial charge in [0.2, 0.25) is 5.79 Å². The van der Waals surface area contributed by atoms with Gasteiger partial charge in [-0.25, -0.2) is 4.18 Å². The molecule has 24 heavy (non-hydrogen) atoms. The molecule has 5 heteroatoms. The second kappa shape index (κ2) is 5.33. The average Bonchev–Trinajstić information content (AvgIpc) is 2.65. The molecule has 1 atom stereocenters. The SMILES string of the molecule is Cc1c(-c2ccccc2)ccc2c1C(C)(C)C(C)(OS(C)(=O)=O)O2. The second-order valence-corrected chi connectivity index (χ2v) is 8.51. The van der Waals surface area contributed by atoms with Crippen molar-refractivity contribution < 1.29 is 17.3 Å². The van der Waals surface area contributed by atoms with Crippen molar-refractivity contribution in [2.45, 2.75) is 38.9 Å². The first kappa shape index (κ1) is 17.0. The summed E-state index contributed by atoms with van der Waals surface area (Å²) in [5, 5.41) is 0. The summed E-state index contributed by atoms with van der Waals surface area (Å²) < 4.78 is 34.7. The lowest BCUT2D eigenvalue weighted by Gasteiger charge is -2.35. The fourth-order valence-electron chi connectivity index (χ4n) is 3.45. The van der Waals surface area contributed by atoms with Crippen LogP contribution in [0.4, 0.5) is 0 Å². The zero-order valence-electron chi connectivity index (χ0n) is 14.6. The Hall–Kier alpha value is -1.85. The molecule has 0 fully saturated rings. The highest BCUT2D eigenvalue weighted by Crippen LogP contribution is 2.52. The van der Waals surface area contributed by atoms with Crippen LogP contribution in [-0.2, 0) is 19.7 Å². The number of fused-ring (bicyclic) bond motifs is 1. The highest BCUT2D eigenvalue weighted by molar-refractivity contribution is 7.86. The summed E-state index contributed by atoms with van der Waals surface area (Å²) in [6.07, 6.45) is 1.04. The molecule has 0 aliphatic carbocycles. The number of benzene rings is 2. The van der Waals surface area contributed by atoms with E-state index in [1.165, 1.54) is 0 Å². The van der Waals surface area contributed by atoms with E-state index in [9.17, 15) is 8.42 Å². The van der Waals surface area contributed by atoms with Gasteiger partial charge in [0.25, 0.3) is 10.1 Å². The number of hydrogen-bond acceptors (Lipinski definition) is 4. The average molecular weight is 346 g/mol. The highest BCUT2D eigenvalue weighted by Gasteiger charge is 2.55. The first-order valence-corrected chi connectivity index (χ1v) is 9.66. The van der Waals surface area contributed by atoms with Gasteiger partial charge in [0.15, 0.2) is 0 Å². The summed E-state index contributed by atoms with van der Waals surface area (Å²) in [5.74, 6) is -0.605. The topological polar surface area (TPSA) is 52.6 Å². The van der Waals surface area contributed by atoms with Gasteiger partial charge in [-0.15, -0.1) is 0 Å².